The predicted octanol–water partition coefficient (Wildman–Crippen LogP) is -2.66. The minimum absolute atomic E-state index is 0.0570. The minimum Gasteiger partial charge on any atom is -0.394 e. The molecule has 1 aliphatic rings. The molecule has 0 radical (unpaired) electrons. The maximum atomic E-state index is 11.6. The fraction of sp³-hybridized carbons (Fsp3) is 0.556. The Labute approximate surface area is 187 Å². The van der Waals surface area contributed by atoms with Crippen LogP contribution in [0.15, 0.2) is 6.33 Å². The first kappa shape index (κ1) is 24.0. The minimum atomic E-state index is -1.28. The lowest BCUT2D eigenvalue weighted by Crippen LogP contribution is -2.47. The van der Waals surface area contributed by atoms with Gasteiger partial charge in [-0.3, -0.25) is 9.36 Å². The Morgan fingerprint density at radius 2 is 2.12 bits per heavy atom. The number of ether oxygens (including phenoxy) is 1. The van der Waals surface area contributed by atoms with Gasteiger partial charge in [0.2, 0.25) is 11.9 Å². The molecule has 6 atom stereocenters. The molecule has 1 fully saturated rings. The van der Waals surface area contributed by atoms with Crippen molar-refractivity contribution in [2.75, 3.05) is 25.0 Å². The van der Waals surface area contributed by atoms with Crippen LogP contribution in [0.25, 0.3) is 11.2 Å². The molecule has 174 valence electrons. The number of anilines is 1. The van der Waals surface area contributed by atoms with E-state index >= 15 is 0 Å². The van der Waals surface area contributed by atoms with Crippen LogP contribution in [0, 0.1) is 16.5 Å². The topological polar surface area (TPSA) is 204 Å². The smallest absolute Gasteiger partial charge is 0.240 e. The molecule has 2 unspecified atom stereocenters. The molecule has 3 rings (SSSR count). The maximum Gasteiger partial charge on any atom is 0.240 e. The van der Waals surface area contributed by atoms with E-state index < -0.39 is 49.2 Å². The largest absolute Gasteiger partial charge is 0.394 e. The lowest BCUT2D eigenvalue weighted by molar-refractivity contribution is -0.124. The molecule has 0 spiro atoms. The molecule has 13 nitrogen and oxygen atoms in total. The first-order valence-electron chi connectivity index (χ1n) is 9.74. The molecule has 1 amide bonds. The number of rotatable bonds is 7. The van der Waals surface area contributed by atoms with Crippen LogP contribution < -0.4 is 16.4 Å². The highest BCUT2D eigenvalue weighted by Gasteiger charge is 2.43. The number of aromatic nitrogens is 4. The first-order chi connectivity index (χ1) is 15.2. The molecule has 0 aliphatic carbocycles. The van der Waals surface area contributed by atoms with Gasteiger partial charge in [0.05, 0.1) is 32.1 Å². The highest BCUT2D eigenvalue weighted by molar-refractivity contribution is 7.71. The predicted molar refractivity (Wildman–Crippen MR) is 115 cm³/mol. The lowest BCUT2D eigenvalue weighted by Gasteiger charge is -2.17. The lowest BCUT2D eigenvalue weighted by atomic mass is 10.1. The summed E-state index contributed by atoms with van der Waals surface area (Å²) in [5.41, 5.74) is 6.28. The van der Waals surface area contributed by atoms with Gasteiger partial charge in [0, 0.05) is 0 Å². The van der Waals surface area contributed by atoms with Crippen molar-refractivity contribution in [3.05, 3.63) is 11.0 Å². The number of fused-ring (bicyclic) bond motifs is 1. The number of carbonyl (C=O) groups excluding carboxylic acids is 1. The van der Waals surface area contributed by atoms with E-state index in [0.717, 1.165) is 0 Å². The molecule has 14 heteroatoms. The number of nitrogens with two attached hydrogens (primary N) is 1. The van der Waals surface area contributed by atoms with Crippen LogP contribution in [-0.2, 0) is 9.53 Å². The van der Waals surface area contributed by atoms with Gasteiger partial charge in [-0.2, -0.15) is 0 Å². The standard InChI is InChI=1S/C18H25N7O6S/c1-8(27)10(19)15(30)20-4-2-3-5-21-18-23-14-11(16(32)24-18)22-7-25(14)17-13(29)12(28)9(6-26)31-17/h7-10,12-13,17,26-29H,4-6,19H2,1H3,(H,20,30)(H2,21,23,24,32)/t8?,9-,10?,12-,13-,17-/m1/s1. The van der Waals surface area contributed by atoms with Crippen LogP contribution in [0.2, 0.25) is 0 Å². The molecule has 0 saturated carbocycles. The number of carbonyl (C=O) groups is 1. The zero-order chi connectivity index (χ0) is 23.4. The van der Waals surface area contributed by atoms with Crippen molar-refractivity contribution >= 4 is 35.2 Å². The summed E-state index contributed by atoms with van der Waals surface area (Å²) >= 11 is 5.27. The second-order valence-electron chi connectivity index (χ2n) is 7.16. The van der Waals surface area contributed by atoms with E-state index in [1.807, 2.05) is 0 Å². The third kappa shape index (κ3) is 5.05. The molecule has 32 heavy (non-hydrogen) atoms. The monoisotopic (exact) mass is 467 g/mol. The number of nitrogens with zero attached hydrogens (tertiary/aromatic N) is 3. The molecule has 3 heterocycles. The summed E-state index contributed by atoms with van der Waals surface area (Å²) in [5, 5.41) is 44.3. The van der Waals surface area contributed by atoms with E-state index in [0.29, 0.717) is 11.2 Å². The number of imidazole rings is 1. The Balaban J connectivity index is 1.66. The highest BCUT2D eigenvalue weighted by atomic mass is 32.1. The second-order valence-corrected chi connectivity index (χ2v) is 7.55. The molecule has 2 aromatic rings. The van der Waals surface area contributed by atoms with Gasteiger partial charge in [-0.15, -0.1) is 0 Å². The van der Waals surface area contributed by atoms with Crippen molar-refractivity contribution in [1.82, 2.24) is 24.8 Å². The number of H-pyrrole nitrogens is 1. The second kappa shape index (κ2) is 10.3. The Hall–Kier alpha value is -2.64. The van der Waals surface area contributed by atoms with Crippen molar-refractivity contribution < 1.29 is 30.0 Å². The van der Waals surface area contributed by atoms with Gasteiger partial charge < -0.3 is 46.5 Å². The Morgan fingerprint density at radius 1 is 1.41 bits per heavy atom. The van der Waals surface area contributed by atoms with Crippen LogP contribution in [0.1, 0.15) is 13.2 Å². The van der Waals surface area contributed by atoms with E-state index in [-0.39, 0.29) is 23.7 Å². The average Bonchev–Trinajstić information content (AvgIpc) is 3.31. The third-order valence-electron chi connectivity index (χ3n) is 4.88. The van der Waals surface area contributed by atoms with E-state index in [1.165, 1.54) is 17.8 Å². The Morgan fingerprint density at radius 3 is 2.78 bits per heavy atom. The van der Waals surface area contributed by atoms with Crippen molar-refractivity contribution in [2.24, 2.45) is 5.73 Å². The van der Waals surface area contributed by atoms with Gasteiger partial charge in [0.15, 0.2) is 10.9 Å². The summed E-state index contributed by atoms with van der Waals surface area (Å²) in [7, 11) is 0. The molecular weight excluding hydrogens is 442 g/mol. The molecule has 2 aromatic heterocycles. The highest BCUT2D eigenvalue weighted by Crippen LogP contribution is 2.31. The van der Waals surface area contributed by atoms with Crippen LogP contribution in [-0.4, -0.2) is 96.0 Å². The molecule has 0 aromatic carbocycles. The van der Waals surface area contributed by atoms with Crippen molar-refractivity contribution in [3.8, 4) is 11.8 Å². The van der Waals surface area contributed by atoms with Crippen LogP contribution in [0.4, 0.5) is 5.95 Å². The fourth-order valence-corrected chi connectivity index (χ4v) is 3.28. The molecule has 9 N–H and O–H groups in total. The van der Waals surface area contributed by atoms with Crippen molar-refractivity contribution in [1.29, 1.82) is 0 Å². The summed E-state index contributed by atoms with van der Waals surface area (Å²) in [4.78, 5) is 23.0. The van der Waals surface area contributed by atoms with Gasteiger partial charge in [-0.25, -0.2) is 9.97 Å². The van der Waals surface area contributed by atoms with E-state index in [1.54, 1.807) is 0 Å². The molecule has 1 aliphatic heterocycles. The number of amides is 1. The quantitative estimate of drug-likeness (QED) is 0.156. The van der Waals surface area contributed by atoms with Crippen LogP contribution in [0.5, 0.6) is 0 Å². The average molecular weight is 468 g/mol. The van der Waals surface area contributed by atoms with Gasteiger partial charge >= 0.3 is 0 Å². The number of hydrogen-bond donors (Lipinski definition) is 8. The SMILES string of the molecule is CC(O)C(N)C(=O)NCC#CCNc1nc(=S)c2ncn([C@@H]3O[C@H](CO)[C@@H](O)[C@H]3O)c2[nH]1. The number of aliphatic hydroxyl groups is 4. The summed E-state index contributed by atoms with van der Waals surface area (Å²) in [5.74, 6) is 5.31. The van der Waals surface area contributed by atoms with E-state index in [4.69, 9.17) is 22.7 Å². The normalized spacial score (nSPS) is 24.6. The molecule has 1 saturated heterocycles. The van der Waals surface area contributed by atoms with E-state index in [2.05, 4.69) is 37.4 Å². The molecule has 0 bridgehead atoms. The number of aromatic amines is 1. The van der Waals surface area contributed by atoms with Crippen molar-refractivity contribution in [2.45, 2.75) is 43.6 Å². The van der Waals surface area contributed by atoms with Gasteiger partial charge in [-0.05, 0) is 6.92 Å². The van der Waals surface area contributed by atoms with Gasteiger partial charge in [-0.1, -0.05) is 24.1 Å². The summed E-state index contributed by atoms with van der Waals surface area (Å²) in [6.07, 6.45) is -4.01. The Kier molecular flexibility index (Phi) is 7.74. The summed E-state index contributed by atoms with van der Waals surface area (Å²) < 4.78 is 7.20. The third-order valence-corrected chi connectivity index (χ3v) is 5.17. The maximum absolute atomic E-state index is 11.6. The first-order valence-corrected chi connectivity index (χ1v) is 10.2. The van der Waals surface area contributed by atoms with Crippen molar-refractivity contribution in [3.63, 3.8) is 0 Å². The zero-order valence-electron chi connectivity index (χ0n) is 17.1. The summed E-state index contributed by atoms with van der Waals surface area (Å²) in [6.45, 7) is 1.20. The fourth-order valence-electron chi connectivity index (χ4n) is 3.04. The molecular formula is C18H25N7O6S. The number of aliphatic hydroxyl groups excluding tert-OH is 4. The van der Waals surface area contributed by atoms with Gasteiger partial charge in [0.1, 0.15) is 35.5 Å². The number of hydrogen-bond acceptors (Lipinski definition) is 11. The summed E-state index contributed by atoms with van der Waals surface area (Å²) in [6, 6.07) is -1.02. The van der Waals surface area contributed by atoms with Crippen LogP contribution >= 0.6 is 12.2 Å². The Bertz CT molecular complexity index is 1080. The van der Waals surface area contributed by atoms with Gasteiger partial charge in [0.25, 0.3) is 0 Å². The number of nitrogens with one attached hydrogen (secondary N) is 3. The van der Waals surface area contributed by atoms with Crippen LogP contribution in [0.3, 0.4) is 0 Å². The van der Waals surface area contributed by atoms with E-state index in [9.17, 15) is 25.2 Å². The zero-order valence-corrected chi connectivity index (χ0v) is 17.9.